The zero-order valence-electron chi connectivity index (χ0n) is 13.3. The Morgan fingerprint density at radius 2 is 1.79 bits per heavy atom. The summed E-state index contributed by atoms with van der Waals surface area (Å²) in [6, 6.07) is 1.52. The highest BCUT2D eigenvalue weighted by Gasteiger charge is 2.27. The molecule has 0 saturated heterocycles. The van der Waals surface area contributed by atoms with Gasteiger partial charge in [-0.3, -0.25) is 9.59 Å². The number of halogens is 2. The van der Waals surface area contributed by atoms with E-state index in [9.17, 15) is 23.2 Å². The highest BCUT2D eigenvalue weighted by Crippen LogP contribution is 2.17. The van der Waals surface area contributed by atoms with Crippen LogP contribution in [0, 0.1) is 11.6 Å². The number of carbonyl (C=O) groups is 3. The molecule has 132 valence electrons. The minimum absolute atomic E-state index is 0.0702. The van der Waals surface area contributed by atoms with Crippen molar-refractivity contribution in [3.8, 4) is 5.75 Å². The monoisotopic (exact) mass is 345 g/mol. The number of hydrogen-bond acceptors (Lipinski definition) is 6. The molecule has 24 heavy (non-hydrogen) atoms. The maximum Gasteiger partial charge on any atom is 0.328 e. The van der Waals surface area contributed by atoms with E-state index in [0.717, 1.165) is 32.4 Å². The van der Waals surface area contributed by atoms with E-state index in [2.05, 4.69) is 14.8 Å². The van der Waals surface area contributed by atoms with Gasteiger partial charge in [0.1, 0.15) is 11.8 Å². The van der Waals surface area contributed by atoms with E-state index in [1.165, 1.54) is 6.92 Å². The Labute approximate surface area is 136 Å². The van der Waals surface area contributed by atoms with Crippen molar-refractivity contribution in [2.24, 2.45) is 0 Å². The number of carbonyl (C=O) groups excluding carboxylic acids is 3. The van der Waals surface area contributed by atoms with Gasteiger partial charge in [0.15, 0.2) is 17.7 Å². The van der Waals surface area contributed by atoms with Crippen molar-refractivity contribution >= 4 is 17.8 Å². The van der Waals surface area contributed by atoms with Crippen LogP contribution in [0.1, 0.15) is 13.3 Å². The number of methoxy groups -OCH3 is 2. The fourth-order valence-electron chi connectivity index (χ4n) is 1.68. The lowest BCUT2D eigenvalue weighted by Gasteiger charge is -2.19. The molecule has 1 aromatic carbocycles. The molecule has 7 nitrogen and oxygen atoms in total. The van der Waals surface area contributed by atoms with Gasteiger partial charge in [-0.05, 0) is 19.1 Å². The molecule has 0 aliphatic heterocycles. The van der Waals surface area contributed by atoms with E-state index in [1.54, 1.807) is 0 Å². The van der Waals surface area contributed by atoms with Crippen LogP contribution < -0.4 is 10.1 Å². The Hall–Kier alpha value is -2.71. The molecule has 1 rings (SSSR count). The summed E-state index contributed by atoms with van der Waals surface area (Å²) >= 11 is 0. The number of hydrogen-bond donors (Lipinski definition) is 1. The second-order valence-corrected chi connectivity index (χ2v) is 4.70. The number of benzene rings is 1. The summed E-state index contributed by atoms with van der Waals surface area (Å²) < 4.78 is 40.0. The van der Waals surface area contributed by atoms with Crippen LogP contribution in [-0.2, 0) is 23.9 Å². The van der Waals surface area contributed by atoms with Gasteiger partial charge in [0.2, 0.25) is 0 Å². The molecule has 0 aliphatic carbocycles. The zero-order valence-corrected chi connectivity index (χ0v) is 13.3. The van der Waals surface area contributed by atoms with E-state index in [0.29, 0.717) is 0 Å². The van der Waals surface area contributed by atoms with E-state index >= 15 is 0 Å². The van der Waals surface area contributed by atoms with Gasteiger partial charge < -0.3 is 19.5 Å². The Balaban J connectivity index is 2.73. The normalized spacial score (nSPS) is 12.7. The number of esters is 2. The lowest BCUT2D eigenvalue weighted by Crippen LogP contribution is -2.47. The van der Waals surface area contributed by atoms with Gasteiger partial charge in [-0.15, -0.1) is 0 Å². The average Bonchev–Trinajstić information content (AvgIpc) is 2.56. The van der Waals surface area contributed by atoms with Gasteiger partial charge in [-0.1, -0.05) is 0 Å². The fraction of sp³-hybridized carbons (Fsp3) is 0.400. The van der Waals surface area contributed by atoms with Crippen LogP contribution in [0.2, 0.25) is 0 Å². The fourth-order valence-corrected chi connectivity index (χ4v) is 1.68. The van der Waals surface area contributed by atoms with Gasteiger partial charge >= 0.3 is 11.9 Å². The Morgan fingerprint density at radius 1 is 1.12 bits per heavy atom. The van der Waals surface area contributed by atoms with Crippen molar-refractivity contribution in [3.05, 3.63) is 29.8 Å². The second-order valence-electron chi connectivity index (χ2n) is 4.70. The third-order valence-corrected chi connectivity index (χ3v) is 2.97. The summed E-state index contributed by atoms with van der Waals surface area (Å²) in [4.78, 5) is 34.9. The van der Waals surface area contributed by atoms with Crippen molar-refractivity contribution in [2.45, 2.75) is 25.5 Å². The molecule has 2 unspecified atom stereocenters. The minimum Gasteiger partial charge on any atom is -0.481 e. The summed E-state index contributed by atoms with van der Waals surface area (Å²) in [5, 5.41) is 2.27. The van der Waals surface area contributed by atoms with E-state index in [4.69, 9.17) is 4.74 Å². The molecular weight excluding hydrogens is 328 g/mol. The van der Waals surface area contributed by atoms with Crippen molar-refractivity contribution in [1.29, 1.82) is 0 Å². The minimum atomic E-state index is -1.26. The first-order chi connectivity index (χ1) is 11.3. The predicted molar refractivity (Wildman–Crippen MR) is 77.0 cm³/mol. The van der Waals surface area contributed by atoms with Crippen LogP contribution in [0.5, 0.6) is 5.75 Å². The van der Waals surface area contributed by atoms with Gasteiger partial charge in [-0.2, -0.15) is 0 Å². The Kier molecular flexibility index (Phi) is 7.09. The first-order valence-corrected chi connectivity index (χ1v) is 6.85. The largest absolute Gasteiger partial charge is 0.481 e. The lowest BCUT2D eigenvalue weighted by molar-refractivity contribution is -0.151. The number of ether oxygens (including phenoxy) is 3. The number of rotatable bonds is 7. The van der Waals surface area contributed by atoms with Gasteiger partial charge in [0.25, 0.3) is 5.91 Å². The maximum absolute atomic E-state index is 13.1. The Bertz CT molecular complexity index is 622. The van der Waals surface area contributed by atoms with Gasteiger partial charge in [-0.25, -0.2) is 13.6 Å². The first kappa shape index (κ1) is 19.3. The average molecular weight is 345 g/mol. The molecule has 0 saturated carbocycles. The smallest absolute Gasteiger partial charge is 0.328 e. The van der Waals surface area contributed by atoms with Crippen LogP contribution in [0.3, 0.4) is 0 Å². The van der Waals surface area contributed by atoms with E-state index in [1.807, 2.05) is 0 Å². The van der Waals surface area contributed by atoms with Crippen LogP contribution in [0.25, 0.3) is 0 Å². The predicted octanol–water partition coefficient (Wildman–Crippen LogP) is 0.953. The molecule has 1 aromatic rings. The molecule has 0 spiro atoms. The molecule has 0 fully saturated rings. The molecule has 9 heteroatoms. The van der Waals surface area contributed by atoms with Crippen LogP contribution in [-0.4, -0.2) is 44.2 Å². The third kappa shape index (κ3) is 5.49. The van der Waals surface area contributed by atoms with Crippen molar-refractivity contribution in [1.82, 2.24) is 5.32 Å². The molecule has 0 radical (unpaired) electrons. The molecule has 2 atom stereocenters. The summed E-state index contributed by atoms with van der Waals surface area (Å²) in [7, 11) is 2.23. The summed E-state index contributed by atoms with van der Waals surface area (Å²) in [6.07, 6.45) is -1.56. The van der Waals surface area contributed by atoms with Gasteiger partial charge in [0.05, 0.1) is 20.6 Å². The summed E-state index contributed by atoms with van der Waals surface area (Å²) in [5.74, 6) is -4.56. The summed E-state index contributed by atoms with van der Waals surface area (Å²) in [5.41, 5.74) is 0. The SMILES string of the molecule is COC(=O)CC(NC(=O)C(C)Oc1ccc(F)c(F)c1)C(=O)OC. The third-order valence-electron chi connectivity index (χ3n) is 2.97. The first-order valence-electron chi connectivity index (χ1n) is 6.85. The van der Waals surface area contributed by atoms with E-state index in [-0.39, 0.29) is 5.75 Å². The molecule has 0 aromatic heterocycles. The standard InChI is InChI=1S/C15H17F2NO6/c1-8(24-9-4-5-10(16)11(17)6-9)14(20)18-12(15(21)23-3)7-13(19)22-2/h4-6,8,12H,7H2,1-3H3,(H,18,20). The molecule has 1 N–H and O–H groups in total. The quantitative estimate of drug-likeness (QED) is 0.740. The number of amides is 1. The van der Waals surface area contributed by atoms with E-state index < -0.39 is 48.0 Å². The molecule has 0 bridgehead atoms. The van der Waals surface area contributed by atoms with Crippen molar-refractivity contribution in [3.63, 3.8) is 0 Å². The zero-order chi connectivity index (χ0) is 18.3. The highest BCUT2D eigenvalue weighted by molar-refractivity contribution is 5.89. The molecular formula is C15H17F2NO6. The lowest BCUT2D eigenvalue weighted by atomic mass is 10.2. The Morgan fingerprint density at radius 3 is 2.33 bits per heavy atom. The van der Waals surface area contributed by atoms with Crippen LogP contribution in [0.4, 0.5) is 8.78 Å². The van der Waals surface area contributed by atoms with Crippen LogP contribution >= 0.6 is 0 Å². The molecule has 0 aliphatic rings. The maximum atomic E-state index is 13.1. The number of nitrogens with one attached hydrogen (secondary N) is 1. The topological polar surface area (TPSA) is 90.9 Å². The van der Waals surface area contributed by atoms with Crippen molar-refractivity contribution < 1.29 is 37.4 Å². The second kappa shape index (κ2) is 8.80. The van der Waals surface area contributed by atoms with Crippen LogP contribution in [0.15, 0.2) is 18.2 Å². The van der Waals surface area contributed by atoms with Gasteiger partial charge in [0, 0.05) is 6.07 Å². The summed E-state index contributed by atoms with van der Waals surface area (Å²) in [6.45, 7) is 1.34. The highest BCUT2D eigenvalue weighted by atomic mass is 19.2. The molecule has 0 heterocycles. The van der Waals surface area contributed by atoms with Crippen molar-refractivity contribution in [2.75, 3.05) is 14.2 Å². The molecule has 1 amide bonds.